The standard InChI is InChI=1S/C13H10FNO/c14-12-6-2-4-10(8-12)9-3-1-5-11(7-9)13(15)16/h1-8H,(H2,15,16). The van der Waals surface area contributed by atoms with E-state index in [-0.39, 0.29) is 5.82 Å². The highest BCUT2D eigenvalue weighted by Gasteiger charge is 2.03. The lowest BCUT2D eigenvalue weighted by Crippen LogP contribution is -2.10. The summed E-state index contributed by atoms with van der Waals surface area (Å²) in [6.45, 7) is 0. The third-order valence-electron chi connectivity index (χ3n) is 2.31. The van der Waals surface area contributed by atoms with Crippen molar-refractivity contribution in [3.05, 3.63) is 59.9 Å². The lowest BCUT2D eigenvalue weighted by atomic mass is 10.0. The molecule has 0 unspecified atom stereocenters. The SMILES string of the molecule is NC(=O)c1cccc(-c2cccc(F)c2)c1. The van der Waals surface area contributed by atoms with Crippen molar-refractivity contribution in [1.29, 1.82) is 0 Å². The Hall–Kier alpha value is -2.16. The minimum Gasteiger partial charge on any atom is -0.366 e. The second-order valence-electron chi connectivity index (χ2n) is 3.46. The van der Waals surface area contributed by atoms with Gasteiger partial charge in [0.15, 0.2) is 0 Å². The number of halogens is 1. The summed E-state index contributed by atoms with van der Waals surface area (Å²) < 4.78 is 13.0. The number of carbonyl (C=O) groups excluding carboxylic acids is 1. The summed E-state index contributed by atoms with van der Waals surface area (Å²) in [4.78, 5) is 11.0. The van der Waals surface area contributed by atoms with Gasteiger partial charge in [-0.15, -0.1) is 0 Å². The molecule has 2 aromatic rings. The van der Waals surface area contributed by atoms with Crippen molar-refractivity contribution in [3.8, 4) is 11.1 Å². The van der Waals surface area contributed by atoms with Crippen LogP contribution >= 0.6 is 0 Å². The third kappa shape index (κ3) is 2.08. The molecular weight excluding hydrogens is 205 g/mol. The average Bonchev–Trinajstić information content (AvgIpc) is 2.29. The first-order valence-corrected chi connectivity index (χ1v) is 4.82. The van der Waals surface area contributed by atoms with Crippen LogP contribution in [0, 0.1) is 5.82 Å². The zero-order valence-electron chi connectivity index (χ0n) is 8.48. The van der Waals surface area contributed by atoms with Crippen LogP contribution < -0.4 is 5.73 Å². The van der Waals surface area contributed by atoms with Crippen LogP contribution in [0.3, 0.4) is 0 Å². The molecule has 2 N–H and O–H groups in total. The van der Waals surface area contributed by atoms with Crippen molar-refractivity contribution in [2.24, 2.45) is 5.73 Å². The molecule has 80 valence electrons. The Bertz CT molecular complexity index is 537. The van der Waals surface area contributed by atoms with Gasteiger partial charge in [-0.2, -0.15) is 0 Å². The molecule has 0 aliphatic rings. The maximum atomic E-state index is 13.0. The first-order chi connectivity index (χ1) is 7.66. The molecular formula is C13H10FNO. The van der Waals surface area contributed by atoms with E-state index < -0.39 is 5.91 Å². The third-order valence-corrected chi connectivity index (χ3v) is 2.31. The van der Waals surface area contributed by atoms with Crippen LogP contribution in [0.15, 0.2) is 48.5 Å². The van der Waals surface area contributed by atoms with Crippen LogP contribution in [0.1, 0.15) is 10.4 Å². The zero-order valence-corrected chi connectivity index (χ0v) is 8.48. The molecule has 0 fully saturated rings. The largest absolute Gasteiger partial charge is 0.366 e. The van der Waals surface area contributed by atoms with Gasteiger partial charge in [0.2, 0.25) is 5.91 Å². The summed E-state index contributed by atoms with van der Waals surface area (Å²) in [6, 6.07) is 13.0. The summed E-state index contributed by atoms with van der Waals surface area (Å²) in [5, 5.41) is 0. The predicted molar refractivity (Wildman–Crippen MR) is 60.4 cm³/mol. The molecule has 0 radical (unpaired) electrons. The number of amides is 1. The van der Waals surface area contributed by atoms with Crippen molar-refractivity contribution < 1.29 is 9.18 Å². The molecule has 2 aromatic carbocycles. The fourth-order valence-corrected chi connectivity index (χ4v) is 1.52. The minimum atomic E-state index is -0.488. The molecule has 0 spiro atoms. The van der Waals surface area contributed by atoms with E-state index in [9.17, 15) is 9.18 Å². The van der Waals surface area contributed by atoms with Crippen LogP contribution in [-0.4, -0.2) is 5.91 Å². The Morgan fingerprint density at radius 2 is 1.62 bits per heavy atom. The average molecular weight is 215 g/mol. The van der Waals surface area contributed by atoms with Gasteiger partial charge in [-0.25, -0.2) is 4.39 Å². The van der Waals surface area contributed by atoms with E-state index >= 15 is 0 Å². The van der Waals surface area contributed by atoms with E-state index in [0.29, 0.717) is 5.56 Å². The smallest absolute Gasteiger partial charge is 0.248 e. The van der Waals surface area contributed by atoms with Crippen LogP contribution in [0.2, 0.25) is 0 Å². The van der Waals surface area contributed by atoms with E-state index in [2.05, 4.69) is 0 Å². The number of primary amides is 1. The van der Waals surface area contributed by atoms with E-state index in [1.807, 2.05) is 0 Å². The van der Waals surface area contributed by atoms with Crippen molar-refractivity contribution in [1.82, 2.24) is 0 Å². The fourth-order valence-electron chi connectivity index (χ4n) is 1.52. The van der Waals surface area contributed by atoms with Gasteiger partial charge in [0.1, 0.15) is 5.82 Å². The van der Waals surface area contributed by atoms with Crippen LogP contribution in [-0.2, 0) is 0 Å². The summed E-state index contributed by atoms with van der Waals surface area (Å²) in [6.07, 6.45) is 0. The number of hydrogen-bond donors (Lipinski definition) is 1. The molecule has 3 heteroatoms. The van der Waals surface area contributed by atoms with Gasteiger partial charge in [-0.3, -0.25) is 4.79 Å². The van der Waals surface area contributed by atoms with Crippen molar-refractivity contribution >= 4 is 5.91 Å². The molecule has 0 saturated carbocycles. The van der Waals surface area contributed by atoms with Crippen molar-refractivity contribution in [2.45, 2.75) is 0 Å². The molecule has 16 heavy (non-hydrogen) atoms. The van der Waals surface area contributed by atoms with Gasteiger partial charge < -0.3 is 5.73 Å². The number of hydrogen-bond acceptors (Lipinski definition) is 1. The number of rotatable bonds is 2. The normalized spacial score (nSPS) is 10.1. The Labute approximate surface area is 92.5 Å². The Balaban J connectivity index is 2.48. The Morgan fingerprint density at radius 3 is 2.25 bits per heavy atom. The molecule has 0 bridgehead atoms. The molecule has 0 aliphatic carbocycles. The molecule has 0 aliphatic heterocycles. The Kier molecular flexibility index (Phi) is 2.68. The topological polar surface area (TPSA) is 43.1 Å². The summed E-state index contributed by atoms with van der Waals surface area (Å²) in [5.41, 5.74) is 7.09. The van der Waals surface area contributed by atoms with E-state index in [4.69, 9.17) is 5.73 Å². The van der Waals surface area contributed by atoms with Gasteiger partial charge >= 0.3 is 0 Å². The number of carbonyl (C=O) groups is 1. The monoisotopic (exact) mass is 215 g/mol. The highest BCUT2D eigenvalue weighted by Crippen LogP contribution is 2.20. The first-order valence-electron chi connectivity index (χ1n) is 4.82. The fraction of sp³-hybridized carbons (Fsp3) is 0. The molecule has 0 heterocycles. The second kappa shape index (κ2) is 4.14. The van der Waals surface area contributed by atoms with Gasteiger partial charge in [0.05, 0.1) is 0 Å². The van der Waals surface area contributed by atoms with Gasteiger partial charge in [0.25, 0.3) is 0 Å². The first kappa shape index (κ1) is 10.4. The molecule has 0 saturated heterocycles. The van der Waals surface area contributed by atoms with Gasteiger partial charge in [-0.1, -0.05) is 24.3 Å². The van der Waals surface area contributed by atoms with E-state index in [1.165, 1.54) is 12.1 Å². The minimum absolute atomic E-state index is 0.304. The number of benzene rings is 2. The quantitative estimate of drug-likeness (QED) is 0.822. The highest BCUT2D eigenvalue weighted by atomic mass is 19.1. The van der Waals surface area contributed by atoms with E-state index in [0.717, 1.165) is 11.1 Å². The lowest BCUT2D eigenvalue weighted by molar-refractivity contribution is 0.100. The predicted octanol–water partition coefficient (Wildman–Crippen LogP) is 2.59. The highest BCUT2D eigenvalue weighted by molar-refractivity contribution is 5.94. The van der Waals surface area contributed by atoms with Crippen molar-refractivity contribution in [3.63, 3.8) is 0 Å². The summed E-state index contributed by atoms with van der Waals surface area (Å²) in [5.74, 6) is -0.791. The lowest BCUT2D eigenvalue weighted by Gasteiger charge is -2.03. The maximum Gasteiger partial charge on any atom is 0.248 e. The maximum absolute atomic E-state index is 13.0. The van der Waals surface area contributed by atoms with Gasteiger partial charge in [0, 0.05) is 5.56 Å². The molecule has 2 nitrogen and oxygen atoms in total. The van der Waals surface area contributed by atoms with Crippen LogP contribution in [0.4, 0.5) is 4.39 Å². The van der Waals surface area contributed by atoms with E-state index in [1.54, 1.807) is 36.4 Å². The molecule has 0 aromatic heterocycles. The van der Waals surface area contributed by atoms with Crippen molar-refractivity contribution in [2.75, 3.05) is 0 Å². The molecule has 1 amide bonds. The van der Waals surface area contributed by atoms with Gasteiger partial charge in [-0.05, 0) is 35.4 Å². The molecule has 2 rings (SSSR count). The summed E-state index contributed by atoms with van der Waals surface area (Å²) >= 11 is 0. The molecule has 0 atom stereocenters. The summed E-state index contributed by atoms with van der Waals surface area (Å²) in [7, 11) is 0. The Morgan fingerprint density at radius 1 is 1.00 bits per heavy atom. The second-order valence-corrected chi connectivity index (χ2v) is 3.46. The number of nitrogens with two attached hydrogens (primary N) is 1. The van der Waals surface area contributed by atoms with Crippen LogP contribution in [0.25, 0.3) is 11.1 Å². The zero-order chi connectivity index (χ0) is 11.5. The van der Waals surface area contributed by atoms with Crippen LogP contribution in [0.5, 0.6) is 0 Å².